The highest BCUT2D eigenvalue weighted by atomic mass is 16.5. The number of esters is 1. The van der Waals surface area contributed by atoms with Gasteiger partial charge in [-0.3, -0.25) is 9.36 Å². The highest BCUT2D eigenvalue weighted by Gasteiger charge is 2.38. The molecule has 1 atom stereocenters. The lowest BCUT2D eigenvalue weighted by Crippen LogP contribution is -2.05. The van der Waals surface area contributed by atoms with E-state index in [1.165, 1.54) is 6.33 Å². The average molecular weight is 244 g/mol. The Labute approximate surface area is 103 Å². The minimum absolute atomic E-state index is 0.0933. The molecule has 0 N–H and O–H groups in total. The molecule has 1 saturated carbocycles. The lowest BCUT2D eigenvalue weighted by atomic mass is 10.4. The molecule has 2 aromatic rings. The first kappa shape index (κ1) is 10.9. The van der Waals surface area contributed by atoms with E-state index >= 15 is 0 Å². The first-order valence-corrected chi connectivity index (χ1v) is 5.79. The fourth-order valence-electron chi connectivity index (χ4n) is 1.86. The minimum Gasteiger partial charge on any atom is -0.466 e. The van der Waals surface area contributed by atoms with Gasteiger partial charge < -0.3 is 4.74 Å². The standard InChI is InChI=1S/C12H12N4O2/c1-2-18-12(17)9-3-8(9)5-16-7-15-10-4-13-6-14-11(10)16/h4-7,9H,2-3H2,1H3. The molecule has 0 aromatic carbocycles. The van der Waals surface area contributed by atoms with Gasteiger partial charge in [0.15, 0.2) is 5.65 Å². The molecule has 3 rings (SSSR count). The van der Waals surface area contributed by atoms with Gasteiger partial charge >= 0.3 is 5.97 Å². The maximum absolute atomic E-state index is 11.5. The number of imidazole rings is 1. The Morgan fingerprint density at radius 2 is 2.50 bits per heavy atom. The van der Waals surface area contributed by atoms with Crippen molar-refractivity contribution in [2.75, 3.05) is 6.61 Å². The summed E-state index contributed by atoms with van der Waals surface area (Å²) in [4.78, 5) is 23.7. The summed E-state index contributed by atoms with van der Waals surface area (Å²) in [5.74, 6) is -0.243. The largest absolute Gasteiger partial charge is 0.466 e. The molecule has 0 spiro atoms. The molecule has 92 valence electrons. The van der Waals surface area contributed by atoms with Crippen LogP contribution < -0.4 is 0 Å². The maximum atomic E-state index is 11.5. The number of nitrogens with zero attached hydrogens (tertiary/aromatic N) is 4. The van der Waals surface area contributed by atoms with Gasteiger partial charge in [-0.25, -0.2) is 15.0 Å². The molecule has 1 fully saturated rings. The fraction of sp³-hybridized carbons (Fsp3) is 0.333. The molecule has 0 aliphatic heterocycles. The van der Waals surface area contributed by atoms with Crippen LogP contribution in [0.2, 0.25) is 0 Å². The van der Waals surface area contributed by atoms with Crippen molar-refractivity contribution in [2.24, 2.45) is 5.92 Å². The number of fused-ring (bicyclic) bond motifs is 1. The third-order valence-corrected chi connectivity index (χ3v) is 2.84. The van der Waals surface area contributed by atoms with E-state index in [9.17, 15) is 4.79 Å². The monoisotopic (exact) mass is 244 g/mol. The van der Waals surface area contributed by atoms with Crippen LogP contribution in [0.5, 0.6) is 0 Å². The van der Waals surface area contributed by atoms with Crippen LogP contribution in [-0.4, -0.2) is 32.1 Å². The third-order valence-electron chi connectivity index (χ3n) is 2.84. The van der Waals surface area contributed by atoms with Crippen molar-refractivity contribution in [3.05, 3.63) is 24.4 Å². The lowest BCUT2D eigenvalue weighted by molar-refractivity contribution is -0.144. The minimum atomic E-state index is -0.150. The quantitative estimate of drug-likeness (QED) is 0.760. The van der Waals surface area contributed by atoms with Gasteiger partial charge in [0.05, 0.1) is 18.7 Å². The summed E-state index contributed by atoms with van der Waals surface area (Å²) in [5, 5.41) is 0. The van der Waals surface area contributed by atoms with Crippen LogP contribution in [0, 0.1) is 5.92 Å². The first-order valence-electron chi connectivity index (χ1n) is 5.79. The Morgan fingerprint density at radius 1 is 1.61 bits per heavy atom. The second-order valence-electron chi connectivity index (χ2n) is 4.10. The predicted octanol–water partition coefficient (Wildman–Crippen LogP) is 1.25. The van der Waals surface area contributed by atoms with Gasteiger partial charge in [0.25, 0.3) is 0 Å². The van der Waals surface area contributed by atoms with E-state index in [1.807, 2.05) is 17.7 Å². The van der Waals surface area contributed by atoms with E-state index < -0.39 is 0 Å². The molecule has 1 aliphatic carbocycles. The smallest absolute Gasteiger partial charge is 0.313 e. The summed E-state index contributed by atoms with van der Waals surface area (Å²) < 4.78 is 6.78. The Bertz CT molecular complexity index is 632. The van der Waals surface area contributed by atoms with E-state index in [1.54, 1.807) is 12.5 Å². The Morgan fingerprint density at radius 3 is 3.33 bits per heavy atom. The van der Waals surface area contributed by atoms with Crippen molar-refractivity contribution in [2.45, 2.75) is 13.3 Å². The van der Waals surface area contributed by atoms with Crippen LogP contribution in [0.4, 0.5) is 0 Å². The molecule has 6 heteroatoms. The highest BCUT2D eigenvalue weighted by Crippen LogP contribution is 2.39. The zero-order chi connectivity index (χ0) is 12.5. The van der Waals surface area contributed by atoms with Crippen LogP contribution in [0.1, 0.15) is 13.3 Å². The number of hydrogen-bond donors (Lipinski definition) is 0. The van der Waals surface area contributed by atoms with E-state index in [4.69, 9.17) is 4.74 Å². The van der Waals surface area contributed by atoms with Crippen molar-refractivity contribution in [1.29, 1.82) is 0 Å². The SMILES string of the molecule is CCOC(=O)C1CC1=Cn1cnc2cncnc21. The van der Waals surface area contributed by atoms with Gasteiger partial charge in [0.1, 0.15) is 18.2 Å². The second-order valence-corrected chi connectivity index (χ2v) is 4.10. The molecule has 0 radical (unpaired) electrons. The van der Waals surface area contributed by atoms with Crippen LogP contribution in [0.25, 0.3) is 17.4 Å². The Kier molecular flexibility index (Phi) is 2.55. The second kappa shape index (κ2) is 4.21. The topological polar surface area (TPSA) is 69.9 Å². The molecule has 18 heavy (non-hydrogen) atoms. The summed E-state index contributed by atoms with van der Waals surface area (Å²) >= 11 is 0. The Hall–Kier alpha value is -2.24. The first-order chi connectivity index (χ1) is 8.79. The van der Waals surface area contributed by atoms with E-state index in [0.29, 0.717) is 6.61 Å². The molecular formula is C12H12N4O2. The van der Waals surface area contributed by atoms with Gasteiger partial charge in [-0.15, -0.1) is 0 Å². The normalized spacial score (nSPS) is 20.3. The van der Waals surface area contributed by atoms with Crippen molar-refractivity contribution in [3.8, 4) is 0 Å². The van der Waals surface area contributed by atoms with Crippen molar-refractivity contribution >= 4 is 23.3 Å². The number of carbonyl (C=O) groups is 1. The molecule has 1 aliphatic rings. The van der Waals surface area contributed by atoms with Crippen LogP contribution in [0.3, 0.4) is 0 Å². The molecule has 6 nitrogen and oxygen atoms in total. The third kappa shape index (κ3) is 1.85. The molecule has 0 amide bonds. The number of rotatable bonds is 3. The highest BCUT2D eigenvalue weighted by molar-refractivity contribution is 5.83. The molecular weight excluding hydrogens is 232 g/mol. The predicted molar refractivity (Wildman–Crippen MR) is 64.3 cm³/mol. The van der Waals surface area contributed by atoms with Crippen LogP contribution in [-0.2, 0) is 9.53 Å². The Balaban J connectivity index is 1.84. The number of hydrogen-bond acceptors (Lipinski definition) is 5. The van der Waals surface area contributed by atoms with Crippen LogP contribution in [0.15, 0.2) is 24.4 Å². The average Bonchev–Trinajstić information content (AvgIpc) is 3.03. The summed E-state index contributed by atoms with van der Waals surface area (Å²) in [6, 6.07) is 0. The van der Waals surface area contributed by atoms with Gasteiger partial charge in [-0.1, -0.05) is 0 Å². The van der Waals surface area contributed by atoms with E-state index in [2.05, 4.69) is 15.0 Å². The number of aromatic nitrogens is 4. The van der Waals surface area contributed by atoms with Gasteiger partial charge in [-0.2, -0.15) is 0 Å². The van der Waals surface area contributed by atoms with E-state index in [0.717, 1.165) is 23.2 Å². The zero-order valence-corrected chi connectivity index (χ0v) is 9.91. The zero-order valence-electron chi connectivity index (χ0n) is 9.91. The van der Waals surface area contributed by atoms with Gasteiger partial charge in [0.2, 0.25) is 0 Å². The maximum Gasteiger partial charge on any atom is 0.313 e. The van der Waals surface area contributed by atoms with Gasteiger partial charge in [-0.05, 0) is 18.9 Å². The summed E-state index contributed by atoms with van der Waals surface area (Å²) in [5.41, 5.74) is 2.53. The molecule has 2 heterocycles. The fourth-order valence-corrected chi connectivity index (χ4v) is 1.86. The molecule has 0 saturated heterocycles. The van der Waals surface area contributed by atoms with E-state index in [-0.39, 0.29) is 11.9 Å². The van der Waals surface area contributed by atoms with Crippen molar-refractivity contribution in [1.82, 2.24) is 19.5 Å². The summed E-state index contributed by atoms with van der Waals surface area (Å²) in [6.07, 6.45) is 7.46. The van der Waals surface area contributed by atoms with Crippen molar-refractivity contribution in [3.63, 3.8) is 0 Å². The number of ether oxygens (including phenoxy) is 1. The van der Waals surface area contributed by atoms with Gasteiger partial charge in [0, 0.05) is 6.20 Å². The van der Waals surface area contributed by atoms with Crippen LogP contribution >= 0.6 is 0 Å². The summed E-state index contributed by atoms with van der Waals surface area (Å²) in [7, 11) is 0. The number of carbonyl (C=O) groups excluding carboxylic acids is 1. The molecule has 1 unspecified atom stereocenters. The summed E-state index contributed by atoms with van der Waals surface area (Å²) in [6.45, 7) is 2.23. The molecule has 0 bridgehead atoms. The molecule has 2 aromatic heterocycles. The lowest BCUT2D eigenvalue weighted by Gasteiger charge is -1.97. The van der Waals surface area contributed by atoms with Crippen molar-refractivity contribution < 1.29 is 9.53 Å².